The second kappa shape index (κ2) is 66.0. The van der Waals surface area contributed by atoms with Gasteiger partial charge in [-0.1, -0.05) is 330 Å². The van der Waals surface area contributed by atoms with Gasteiger partial charge in [-0.05, 0) is 37.5 Å². The van der Waals surface area contributed by atoms with Gasteiger partial charge in [-0.25, -0.2) is 9.13 Å². The maximum atomic E-state index is 13.1. The molecule has 0 radical (unpaired) electrons. The van der Waals surface area contributed by atoms with Crippen LogP contribution in [-0.2, 0) is 65.4 Å². The molecular weight excluding hydrogens is 1220 g/mol. The van der Waals surface area contributed by atoms with E-state index in [1.165, 1.54) is 193 Å². The van der Waals surface area contributed by atoms with E-state index in [0.717, 1.165) is 108 Å². The Morgan fingerprint density at radius 2 is 0.495 bits per heavy atom. The minimum Gasteiger partial charge on any atom is -0.462 e. The highest BCUT2D eigenvalue weighted by molar-refractivity contribution is 7.47. The fourth-order valence-corrected chi connectivity index (χ4v) is 12.9. The predicted octanol–water partition coefficient (Wildman–Crippen LogP) is 21.6. The van der Waals surface area contributed by atoms with Crippen molar-refractivity contribution < 1.29 is 80.2 Å². The fourth-order valence-electron chi connectivity index (χ4n) is 11.3. The van der Waals surface area contributed by atoms with Crippen LogP contribution < -0.4 is 0 Å². The van der Waals surface area contributed by atoms with E-state index >= 15 is 0 Å². The third kappa shape index (κ3) is 68.4. The van der Waals surface area contributed by atoms with Crippen molar-refractivity contribution in [2.45, 2.75) is 400 Å². The lowest BCUT2D eigenvalue weighted by Crippen LogP contribution is -2.30. The Labute approximate surface area is 568 Å². The van der Waals surface area contributed by atoms with E-state index in [4.69, 9.17) is 37.0 Å². The molecule has 17 nitrogen and oxygen atoms in total. The van der Waals surface area contributed by atoms with Gasteiger partial charge >= 0.3 is 39.5 Å². The Bertz CT molecular complexity index is 1800. The summed E-state index contributed by atoms with van der Waals surface area (Å²) in [6, 6.07) is 0. The molecule has 0 fully saturated rings. The monoisotopic (exact) mass is 1370 g/mol. The van der Waals surface area contributed by atoms with Crippen LogP contribution in [0.3, 0.4) is 0 Å². The van der Waals surface area contributed by atoms with Crippen molar-refractivity contribution in [1.82, 2.24) is 0 Å². The number of carbonyl (C=O) groups is 4. The van der Waals surface area contributed by atoms with Gasteiger partial charge in [0.05, 0.1) is 26.4 Å². The zero-order valence-electron chi connectivity index (χ0n) is 60.6. The van der Waals surface area contributed by atoms with E-state index in [9.17, 15) is 43.2 Å². The van der Waals surface area contributed by atoms with Crippen LogP contribution in [0.2, 0.25) is 0 Å². The second-order valence-corrected chi connectivity index (χ2v) is 30.5. The normalized spacial score (nSPS) is 14.1. The smallest absolute Gasteiger partial charge is 0.462 e. The first-order valence-electron chi connectivity index (χ1n) is 38.5. The molecule has 0 saturated carbocycles. The van der Waals surface area contributed by atoms with Gasteiger partial charge in [-0.2, -0.15) is 0 Å². The molecule has 0 spiro atoms. The summed E-state index contributed by atoms with van der Waals surface area (Å²) in [6.07, 6.45) is 52.7. The highest BCUT2D eigenvalue weighted by atomic mass is 31.2. The van der Waals surface area contributed by atoms with Crippen molar-refractivity contribution in [2.24, 2.45) is 11.8 Å². The number of carbonyl (C=O) groups excluding carboxylic acids is 4. The number of ether oxygens (including phenoxy) is 4. The summed E-state index contributed by atoms with van der Waals surface area (Å²) < 4.78 is 68.4. The average molecular weight is 1370 g/mol. The van der Waals surface area contributed by atoms with Crippen LogP contribution in [0, 0.1) is 11.8 Å². The van der Waals surface area contributed by atoms with Gasteiger partial charge in [-0.3, -0.25) is 37.3 Å². The van der Waals surface area contributed by atoms with Crippen LogP contribution in [0.25, 0.3) is 0 Å². The molecule has 0 aromatic carbocycles. The molecule has 19 heteroatoms. The zero-order chi connectivity index (χ0) is 68.6. The third-order valence-corrected chi connectivity index (χ3v) is 19.1. The van der Waals surface area contributed by atoms with Crippen LogP contribution in [0.4, 0.5) is 0 Å². The lowest BCUT2D eigenvalue weighted by molar-refractivity contribution is -0.161. The van der Waals surface area contributed by atoms with Gasteiger partial charge in [-0.15, -0.1) is 0 Å². The van der Waals surface area contributed by atoms with Crippen molar-refractivity contribution in [1.29, 1.82) is 0 Å². The summed E-state index contributed by atoms with van der Waals surface area (Å²) in [5.41, 5.74) is 0. The van der Waals surface area contributed by atoms with Crippen molar-refractivity contribution in [3.05, 3.63) is 0 Å². The first-order chi connectivity index (χ1) is 44.9. The summed E-state index contributed by atoms with van der Waals surface area (Å²) >= 11 is 0. The van der Waals surface area contributed by atoms with E-state index in [1.54, 1.807) is 0 Å². The molecule has 0 rings (SSSR count). The van der Waals surface area contributed by atoms with E-state index in [-0.39, 0.29) is 25.7 Å². The number of esters is 4. The number of rotatable bonds is 73. The number of hydrogen-bond acceptors (Lipinski definition) is 15. The van der Waals surface area contributed by atoms with Crippen molar-refractivity contribution in [2.75, 3.05) is 39.6 Å². The molecule has 0 amide bonds. The SMILES string of the molecule is CCCCCCCCCCCCCCCCCCC(=O)OC[C@H](COP(=O)(O)OC[C@@H](O)COP(=O)(O)OC[C@@H](COC(=O)CCCCCCCCCC)OC(=O)CCCCCCCCCCCCC(C)C)OC(=O)CCCCCCCCCCCCCCCC(C)C. The summed E-state index contributed by atoms with van der Waals surface area (Å²) in [5.74, 6) is -0.581. The number of phosphoric ester groups is 2. The minimum absolute atomic E-state index is 0.106. The lowest BCUT2D eigenvalue weighted by Gasteiger charge is -2.21. The summed E-state index contributed by atoms with van der Waals surface area (Å²) in [5, 5.41) is 10.6. The summed E-state index contributed by atoms with van der Waals surface area (Å²) in [6.45, 7) is 9.57. The van der Waals surface area contributed by atoms with Crippen LogP contribution in [-0.4, -0.2) is 96.7 Å². The quantitative estimate of drug-likeness (QED) is 0.0222. The predicted molar refractivity (Wildman–Crippen MR) is 377 cm³/mol. The molecule has 552 valence electrons. The highest BCUT2D eigenvalue weighted by Gasteiger charge is 2.30. The molecule has 0 aliphatic carbocycles. The molecular formula is C74H144O17P2. The van der Waals surface area contributed by atoms with E-state index in [2.05, 4.69) is 41.5 Å². The number of phosphoric acid groups is 2. The Morgan fingerprint density at radius 1 is 0.290 bits per heavy atom. The molecule has 0 heterocycles. The number of aliphatic hydroxyl groups excluding tert-OH is 1. The molecule has 0 aromatic rings. The molecule has 0 saturated heterocycles. The largest absolute Gasteiger partial charge is 0.472 e. The van der Waals surface area contributed by atoms with Crippen molar-refractivity contribution in [3.8, 4) is 0 Å². The molecule has 93 heavy (non-hydrogen) atoms. The minimum atomic E-state index is -4.95. The Balaban J connectivity index is 5.22. The Morgan fingerprint density at radius 3 is 0.731 bits per heavy atom. The average Bonchev–Trinajstić information content (AvgIpc) is 3.74. The van der Waals surface area contributed by atoms with Gasteiger partial charge in [0.15, 0.2) is 12.2 Å². The molecule has 0 aromatic heterocycles. The van der Waals surface area contributed by atoms with Gasteiger partial charge in [0.1, 0.15) is 19.3 Å². The molecule has 2 unspecified atom stereocenters. The lowest BCUT2D eigenvalue weighted by atomic mass is 10.0. The Kier molecular flexibility index (Phi) is 64.6. The first kappa shape index (κ1) is 91.1. The molecule has 5 atom stereocenters. The molecule has 0 aliphatic rings. The number of aliphatic hydroxyl groups is 1. The van der Waals surface area contributed by atoms with E-state index in [0.29, 0.717) is 25.7 Å². The summed E-state index contributed by atoms with van der Waals surface area (Å²) in [4.78, 5) is 72.7. The zero-order valence-corrected chi connectivity index (χ0v) is 62.3. The van der Waals surface area contributed by atoms with Crippen LogP contribution >= 0.6 is 15.6 Å². The maximum absolute atomic E-state index is 13.1. The van der Waals surface area contributed by atoms with E-state index in [1.807, 2.05) is 0 Å². The van der Waals surface area contributed by atoms with Gasteiger partial charge in [0.2, 0.25) is 0 Å². The van der Waals surface area contributed by atoms with Crippen LogP contribution in [0.15, 0.2) is 0 Å². The fraction of sp³-hybridized carbons (Fsp3) is 0.946. The van der Waals surface area contributed by atoms with Crippen LogP contribution in [0.5, 0.6) is 0 Å². The number of unbranched alkanes of at least 4 members (excludes halogenated alkanes) is 43. The van der Waals surface area contributed by atoms with Crippen LogP contribution in [0.1, 0.15) is 382 Å². The van der Waals surface area contributed by atoms with E-state index < -0.39 is 97.5 Å². The van der Waals surface area contributed by atoms with Gasteiger partial charge in [0.25, 0.3) is 0 Å². The highest BCUT2D eigenvalue weighted by Crippen LogP contribution is 2.45. The first-order valence-corrected chi connectivity index (χ1v) is 41.5. The van der Waals surface area contributed by atoms with Crippen molar-refractivity contribution >= 4 is 39.5 Å². The second-order valence-electron chi connectivity index (χ2n) is 27.6. The molecule has 3 N–H and O–H groups in total. The van der Waals surface area contributed by atoms with Gasteiger partial charge < -0.3 is 33.8 Å². The molecule has 0 bridgehead atoms. The maximum Gasteiger partial charge on any atom is 0.472 e. The summed E-state index contributed by atoms with van der Waals surface area (Å²) in [7, 11) is -9.90. The third-order valence-electron chi connectivity index (χ3n) is 17.2. The number of hydrogen-bond donors (Lipinski definition) is 3. The topological polar surface area (TPSA) is 237 Å². The van der Waals surface area contributed by atoms with Gasteiger partial charge in [0, 0.05) is 25.7 Å². The molecule has 0 aliphatic heterocycles. The Hall–Kier alpha value is -1.94. The standard InChI is InChI=1S/C74H144O17P2/c1-7-9-11-13-15-17-18-19-20-21-24-27-33-39-45-51-57-72(77)85-63-70(91-73(78)58-52-46-40-34-28-25-22-23-26-31-36-42-48-54-66(3)4)65-89-93(82,83)87-61-68(75)60-86-92(80,81)88-64-69(62-84-71(76)56-50-44-38-16-14-12-10-8-2)90-74(79)59-53-47-41-35-30-29-32-37-43-49-55-67(5)6/h66-70,75H,7-65H2,1-6H3,(H,80,81)(H,82,83)/t68-,69+,70+/m0/s1. The van der Waals surface area contributed by atoms with Crippen molar-refractivity contribution in [3.63, 3.8) is 0 Å².